The second-order valence-corrected chi connectivity index (χ2v) is 10.6. The van der Waals surface area contributed by atoms with E-state index in [-0.39, 0.29) is 17.9 Å². The Morgan fingerprint density at radius 3 is 2.05 bits per heavy atom. The van der Waals surface area contributed by atoms with Crippen LogP contribution in [0.1, 0.15) is 59.0 Å². The van der Waals surface area contributed by atoms with E-state index in [0.29, 0.717) is 17.6 Å². The molecule has 1 N–H and O–H groups in total. The number of likely N-dealkylation sites (tertiary alicyclic amines) is 1. The summed E-state index contributed by atoms with van der Waals surface area (Å²) < 4.78 is 0. The van der Waals surface area contributed by atoms with E-state index in [9.17, 15) is 9.59 Å². The molecule has 0 bridgehead atoms. The molecule has 6 heteroatoms. The van der Waals surface area contributed by atoms with Crippen molar-refractivity contribution in [1.29, 1.82) is 0 Å². The minimum atomic E-state index is -0.0890. The summed E-state index contributed by atoms with van der Waals surface area (Å²) in [5, 5.41) is 2.95. The molecule has 0 unspecified atom stereocenters. The molecule has 2 saturated heterocycles. The molecule has 2 aliphatic rings. The number of anilines is 1. The molecule has 2 atom stereocenters. The number of rotatable bonds is 6. The van der Waals surface area contributed by atoms with Crippen molar-refractivity contribution < 1.29 is 9.59 Å². The van der Waals surface area contributed by atoms with Crippen LogP contribution in [0.3, 0.4) is 0 Å². The number of piperidine rings is 1. The van der Waals surface area contributed by atoms with E-state index in [4.69, 9.17) is 0 Å². The lowest BCUT2D eigenvalue weighted by atomic mass is 9.98. The van der Waals surface area contributed by atoms with Crippen molar-refractivity contribution in [2.24, 2.45) is 0 Å². The molecule has 3 aromatic carbocycles. The fourth-order valence-electron chi connectivity index (χ4n) is 5.93. The van der Waals surface area contributed by atoms with E-state index < -0.39 is 0 Å². The monoisotopic (exact) mass is 510 g/mol. The van der Waals surface area contributed by atoms with Crippen LogP contribution in [0, 0.1) is 0 Å². The molecule has 2 amide bonds. The third-order valence-electron chi connectivity index (χ3n) is 8.18. The molecule has 0 saturated carbocycles. The summed E-state index contributed by atoms with van der Waals surface area (Å²) in [6.45, 7) is 9.34. The average Bonchev–Trinajstić information content (AvgIpc) is 2.97. The van der Waals surface area contributed by atoms with E-state index >= 15 is 0 Å². The van der Waals surface area contributed by atoms with Crippen molar-refractivity contribution >= 4 is 17.5 Å². The molecule has 0 aromatic heterocycles. The maximum absolute atomic E-state index is 12.8. The summed E-state index contributed by atoms with van der Waals surface area (Å²) in [6.07, 6.45) is 2.07. The van der Waals surface area contributed by atoms with Gasteiger partial charge in [0, 0.05) is 67.7 Å². The Morgan fingerprint density at radius 1 is 0.789 bits per heavy atom. The molecule has 198 valence electrons. The van der Waals surface area contributed by atoms with Gasteiger partial charge in [0.25, 0.3) is 11.8 Å². The van der Waals surface area contributed by atoms with E-state index in [1.807, 2.05) is 77.7 Å². The molecular weight excluding hydrogens is 472 g/mol. The number of benzene rings is 3. The van der Waals surface area contributed by atoms with Crippen LogP contribution in [0.2, 0.25) is 0 Å². The summed E-state index contributed by atoms with van der Waals surface area (Å²) >= 11 is 0. The van der Waals surface area contributed by atoms with Gasteiger partial charge < -0.3 is 10.2 Å². The minimum Gasteiger partial charge on any atom is -0.339 e. The zero-order chi connectivity index (χ0) is 26.5. The van der Waals surface area contributed by atoms with Crippen LogP contribution in [0.25, 0.3) is 0 Å². The molecular formula is C32H38N4O2. The van der Waals surface area contributed by atoms with E-state index in [1.54, 1.807) is 0 Å². The van der Waals surface area contributed by atoms with E-state index in [1.165, 1.54) is 5.56 Å². The minimum absolute atomic E-state index is 0.0890. The first kappa shape index (κ1) is 26.1. The van der Waals surface area contributed by atoms with Crippen LogP contribution in [0.4, 0.5) is 5.69 Å². The van der Waals surface area contributed by atoms with Crippen LogP contribution < -0.4 is 5.32 Å². The van der Waals surface area contributed by atoms with E-state index in [0.717, 1.165) is 56.8 Å². The number of hydrogen-bond acceptors (Lipinski definition) is 4. The highest BCUT2D eigenvalue weighted by Gasteiger charge is 2.33. The van der Waals surface area contributed by atoms with Crippen molar-refractivity contribution in [2.45, 2.75) is 44.8 Å². The maximum Gasteiger partial charge on any atom is 0.255 e. The third-order valence-corrected chi connectivity index (χ3v) is 8.18. The van der Waals surface area contributed by atoms with Gasteiger partial charge in [-0.3, -0.25) is 19.4 Å². The lowest BCUT2D eigenvalue weighted by molar-refractivity contribution is 0.0135. The Bertz CT molecular complexity index is 1210. The second-order valence-electron chi connectivity index (χ2n) is 10.6. The van der Waals surface area contributed by atoms with Crippen molar-refractivity contribution in [1.82, 2.24) is 14.7 Å². The van der Waals surface area contributed by atoms with Gasteiger partial charge in [0.15, 0.2) is 0 Å². The molecule has 2 heterocycles. The van der Waals surface area contributed by atoms with Crippen LogP contribution >= 0.6 is 0 Å². The first-order valence-electron chi connectivity index (χ1n) is 13.8. The number of nitrogens with one attached hydrogen (secondary N) is 1. The van der Waals surface area contributed by atoms with Gasteiger partial charge in [-0.25, -0.2) is 0 Å². The van der Waals surface area contributed by atoms with Gasteiger partial charge in [0.05, 0.1) is 0 Å². The smallest absolute Gasteiger partial charge is 0.255 e. The number of carbonyl (C=O) groups excluding carboxylic acids is 2. The van der Waals surface area contributed by atoms with Crippen molar-refractivity contribution in [3.8, 4) is 0 Å². The SMILES string of the molecule is C[C@@H]1CN(C2CCN(C(=O)c3ccccc3)CC2)CCN1[C@@H](C)c1ccc(C(=O)Nc2ccccc2)cc1. The van der Waals surface area contributed by atoms with Gasteiger partial charge in [-0.05, 0) is 68.7 Å². The van der Waals surface area contributed by atoms with Gasteiger partial charge >= 0.3 is 0 Å². The van der Waals surface area contributed by atoms with Crippen molar-refractivity contribution in [3.05, 3.63) is 102 Å². The predicted molar refractivity (Wildman–Crippen MR) is 152 cm³/mol. The standard InChI is InChI=1S/C32H38N4O2/c1-24-23-35(30-17-19-34(20-18-30)32(38)28-9-5-3-6-10-28)21-22-36(24)25(2)26-13-15-27(16-14-26)31(37)33-29-11-7-4-8-12-29/h3-16,24-25,30H,17-23H2,1-2H3,(H,33,37)/t24-,25+/m1/s1. The molecule has 0 radical (unpaired) electrons. The first-order chi connectivity index (χ1) is 18.5. The molecule has 2 aliphatic heterocycles. The zero-order valence-corrected chi connectivity index (χ0v) is 22.4. The molecule has 0 spiro atoms. The Labute approximate surface area is 226 Å². The van der Waals surface area contributed by atoms with Gasteiger partial charge in [-0.2, -0.15) is 0 Å². The highest BCUT2D eigenvalue weighted by Crippen LogP contribution is 2.28. The number of piperazine rings is 1. The normalized spacial score (nSPS) is 20.2. The summed E-state index contributed by atoms with van der Waals surface area (Å²) in [6, 6.07) is 28.4. The van der Waals surface area contributed by atoms with E-state index in [2.05, 4.69) is 41.1 Å². The summed E-state index contributed by atoms with van der Waals surface area (Å²) in [5.74, 6) is 0.0635. The number of para-hydroxylation sites is 1. The van der Waals surface area contributed by atoms with Crippen LogP contribution in [-0.2, 0) is 0 Å². The predicted octanol–water partition coefficient (Wildman–Crippen LogP) is 5.31. The largest absolute Gasteiger partial charge is 0.339 e. The quantitative estimate of drug-likeness (QED) is 0.488. The van der Waals surface area contributed by atoms with Crippen LogP contribution in [0.5, 0.6) is 0 Å². The first-order valence-corrected chi connectivity index (χ1v) is 13.8. The number of carbonyl (C=O) groups is 2. The maximum atomic E-state index is 12.8. The fourth-order valence-corrected chi connectivity index (χ4v) is 5.93. The number of hydrogen-bond donors (Lipinski definition) is 1. The fraction of sp³-hybridized carbons (Fsp3) is 0.375. The lowest BCUT2D eigenvalue weighted by Gasteiger charge is -2.47. The van der Waals surface area contributed by atoms with Crippen LogP contribution in [-0.4, -0.2) is 71.3 Å². The molecule has 0 aliphatic carbocycles. The van der Waals surface area contributed by atoms with Gasteiger partial charge in [0.2, 0.25) is 0 Å². The molecule has 5 rings (SSSR count). The highest BCUT2D eigenvalue weighted by atomic mass is 16.2. The third kappa shape index (κ3) is 5.98. The summed E-state index contributed by atoms with van der Waals surface area (Å²) in [7, 11) is 0. The van der Waals surface area contributed by atoms with Gasteiger partial charge in [-0.15, -0.1) is 0 Å². The topological polar surface area (TPSA) is 55.9 Å². The Hall–Kier alpha value is -3.48. The Balaban J connectivity index is 1.12. The molecule has 38 heavy (non-hydrogen) atoms. The summed E-state index contributed by atoms with van der Waals surface area (Å²) in [4.78, 5) is 32.6. The van der Waals surface area contributed by atoms with Gasteiger partial charge in [-0.1, -0.05) is 48.5 Å². The van der Waals surface area contributed by atoms with Crippen LogP contribution in [0.15, 0.2) is 84.9 Å². The molecule has 2 fully saturated rings. The van der Waals surface area contributed by atoms with Crippen molar-refractivity contribution in [3.63, 3.8) is 0 Å². The lowest BCUT2D eigenvalue weighted by Crippen LogP contribution is -2.57. The van der Waals surface area contributed by atoms with Gasteiger partial charge in [0.1, 0.15) is 0 Å². The Kier molecular flexibility index (Phi) is 8.20. The average molecular weight is 511 g/mol. The Morgan fingerprint density at radius 2 is 1.42 bits per heavy atom. The summed E-state index contributed by atoms with van der Waals surface area (Å²) in [5.41, 5.74) is 3.48. The highest BCUT2D eigenvalue weighted by molar-refractivity contribution is 6.04. The van der Waals surface area contributed by atoms with Crippen molar-refractivity contribution in [2.75, 3.05) is 38.0 Å². The zero-order valence-electron chi connectivity index (χ0n) is 22.4. The molecule has 6 nitrogen and oxygen atoms in total. The second kappa shape index (κ2) is 11.9. The number of amides is 2. The number of nitrogens with zero attached hydrogens (tertiary/aromatic N) is 3. The molecule has 3 aromatic rings.